The molecule has 0 aromatic heterocycles. The van der Waals surface area contributed by atoms with Crippen LogP contribution in [-0.2, 0) is 0 Å². The molecule has 0 saturated heterocycles. The zero-order valence-electron chi connectivity index (χ0n) is 6.43. The van der Waals surface area contributed by atoms with E-state index in [1.807, 2.05) is 6.92 Å². The molecule has 0 aliphatic carbocycles. The smallest absolute Gasteiger partial charge is 0.0714 e. The predicted molar refractivity (Wildman–Crippen MR) is 42.3 cm³/mol. The highest BCUT2D eigenvalue weighted by Crippen LogP contribution is 1.97. The van der Waals surface area contributed by atoms with Crippen molar-refractivity contribution in [3.8, 4) is 0 Å². The van der Waals surface area contributed by atoms with E-state index in [4.69, 9.17) is 16.2 Å². The van der Waals surface area contributed by atoms with E-state index in [9.17, 15) is 0 Å². The largest absolute Gasteiger partial charge is 0.391 e. The minimum Gasteiger partial charge on any atom is -0.391 e. The summed E-state index contributed by atoms with van der Waals surface area (Å²) in [5.74, 6) is 0. The Kier molecular flexibility index (Phi) is 5.16. The van der Waals surface area contributed by atoms with Crippen LogP contribution in [0.2, 0.25) is 0 Å². The lowest BCUT2D eigenvalue weighted by Gasteiger charge is -2.06. The summed E-state index contributed by atoms with van der Waals surface area (Å²) in [7, 11) is 0. The quantitative estimate of drug-likeness (QED) is 0.492. The van der Waals surface area contributed by atoms with Crippen molar-refractivity contribution < 1.29 is 5.11 Å². The highest BCUT2D eigenvalue weighted by Gasteiger charge is 2.03. The van der Waals surface area contributed by atoms with Gasteiger partial charge in [0.25, 0.3) is 0 Å². The molecule has 0 radical (unpaired) electrons. The molecule has 0 saturated carbocycles. The Balaban J connectivity index is 3.37. The molecule has 1 unspecified atom stereocenters. The molecule has 0 bridgehead atoms. The Morgan fingerprint density at radius 2 is 2.30 bits per heavy atom. The third kappa shape index (κ3) is 4.47. The predicted octanol–water partition coefficient (Wildman–Crippen LogP) is 0.516. The van der Waals surface area contributed by atoms with Crippen LogP contribution in [-0.4, -0.2) is 23.5 Å². The van der Waals surface area contributed by atoms with Gasteiger partial charge in [0, 0.05) is 18.7 Å². The van der Waals surface area contributed by atoms with Crippen molar-refractivity contribution in [1.82, 2.24) is 0 Å². The van der Waals surface area contributed by atoms with Crippen LogP contribution in [0, 0.1) is 5.41 Å². The molecule has 0 rings (SSSR count). The van der Waals surface area contributed by atoms with Gasteiger partial charge in [-0.3, -0.25) is 0 Å². The van der Waals surface area contributed by atoms with Crippen LogP contribution >= 0.6 is 0 Å². The third-order valence-electron chi connectivity index (χ3n) is 1.31. The molecular formula is C7H16N2O. The van der Waals surface area contributed by atoms with E-state index in [1.165, 1.54) is 0 Å². The van der Waals surface area contributed by atoms with Crippen LogP contribution in [0.25, 0.3) is 0 Å². The number of hydrogen-bond donors (Lipinski definition) is 3. The second-order valence-electron chi connectivity index (χ2n) is 2.45. The molecule has 0 heterocycles. The summed E-state index contributed by atoms with van der Waals surface area (Å²) in [6, 6.07) is 0. The highest BCUT2D eigenvalue weighted by atomic mass is 16.3. The van der Waals surface area contributed by atoms with Crippen molar-refractivity contribution in [2.75, 3.05) is 6.54 Å². The fourth-order valence-corrected chi connectivity index (χ4v) is 0.772. The van der Waals surface area contributed by atoms with E-state index in [1.54, 1.807) is 0 Å². The number of aliphatic hydroxyl groups is 1. The molecule has 60 valence electrons. The van der Waals surface area contributed by atoms with E-state index in [-0.39, 0.29) is 6.54 Å². The Morgan fingerprint density at radius 1 is 1.70 bits per heavy atom. The van der Waals surface area contributed by atoms with E-state index in [2.05, 4.69) is 0 Å². The topological polar surface area (TPSA) is 70.1 Å². The summed E-state index contributed by atoms with van der Waals surface area (Å²) in [4.78, 5) is 0. The molecule has 0 aliphatic rings. The fraction of sp³-hybridized carbons (Fsp3) is 0.857. The van der Waals surface area contributed by atoms with Gasteiger partial charge in [0.1, 0.15) is 0 Å². The molecule has 0 fully saturated rings. The zero-order chi connectivity index (χ0) is 7.98. The Bertz CT molecular complexity index is 104. The lowest BCUT2D eigenvalue weighted by molar-refractivity contribution is 0.190. The summed E-state index contributed by atoms with van der Waals surface area (Å²) in [6.07, 6.45) is 1.66. The van der Waals surface area contributed by atoms with Crippen LogP contribution in [0.4, 0.5) is 0 Å². The molecule has 0 aliphatic heterocycles. The minimum absolute atomic E-state index is 0.256. The maximum Gasteiger partial charge on any atom is 0.0714 e. The van der Waals surface area contributed by atoms with E-state index in [0.717, 1.165) is 12.8 Å². The molecule has 4 N–H and O–H groups in total. The van der Waals surface area contributed by atoms with Crippen molar-refractivity contribution in [3.63, 3.8) is 0 Å². The second kappa shape index (κ2) is 5.38. The normalized spacial score (nSPS) is 13.1. The number of nitrogens with one attached hydrogen (secondary N) is 1. The van der Waals surface area contributed by atoms with Gasteiger partial charge in [-0.05, 0) is 6.42 Å². The maximum atomic E-state index is 8.99. The maximum absolute atomic E-state index is 8.99. The Labute approximate surface area is 61.7 Å². The Morgan fingerprint density at radius 3 is 2.70 bits per heavy atom. The van der Waals surface area contributed by atoms with Crippen LogP contribution in [0.5, 0.6) is 0 Å². The number of rotatable bonds is 5. The average Bonchev–Trinajstić information content (AvgIpc) is 1.88. The minimum atomic E-state index is -0.515. The third-order valence-corrected chi connectivity index (χ3v) is 1.31. The van der Waals surface area contributed by atoms with Gasteiger partial charge in [-0.15, -0.1) is 0 Å². The van der Waals surface area contributed by atoms with Gasteiger partial charge in [-0.1, -0.05) is 13.3 Å². The zero-order valence-corrected chi connectivity index (χ0v) is 6.43. The summed E-state index contributed by atoms with van der Waals surface area (Å²) < 4.78 is 0. The first-order valence-electron chi connectivity index (χ1n) is 3.65. The van der Waals surface area contributed by atoms with Crippen LogP contribution < -0.4 is 5.73 Å². The molecule has 1 atom stereocenters. The van der Waals surface area contributed by atoms with E-state index in [0.29, 0.717) is 12.1 Å². The van der Waals surface area contributed by atoms with Gasteiger partial charge in [-0.25, -0.2) is 0 Å². The number of hydrogen-bond acceptors (Lipinski definition) is 3. The number of aliphatic hydroxyl groups excluding tert-OH is 1. The standard InChI is InChI=1S/C7H16N2O/c1-2-3-6(9)4-7(10)5-8/h7,9-10H,2-5,8H2,1H3. The number of nitrogens with two attached hydrogens (primary N) is 1. The van der Waals surface area contributed by atoms with Gasteiger partial charge >= 0.3 is 0 Å². The fourth-order valence-electron chi connectivity index (χ4n) is 0.772. The average molecular weight is 144 g/mol. The van der Waals surface area contributed by atoms with Crippen molar-refractivity contribution in [1.29, 1.82) is 5.41 Å². The highest BCUT2D eigenvalue weighted by molar-refractivity contribution is 5.81. The molecular weight excluding hydrogens is 128 g/mol. The summed E-state index contributed by atoms with van der Waals surface area (Å²) >= 11 is 0. The van der Waals surface area contributed by atoms with E-state index < -0.39 is 6.10 Å². The monoisotopic (exact) mass is 144 g/mol. The lowest BCUT2D eigenvalue weighted by Crippen LogP contribution is -2.22. The first-order chi connectivity index (χ1) is 4.70. The van der Waals surface area contributed by atoms with Crippen LogP contribution in [0.1, 0.15) is 26.2 Å². The van der Waals surface area contributed by atoms with E-state index >= 15 is 0 Å². The molecule has 0 aromatic carbocycles. The summed E-state index contributed by atoms with van der Waals surface area (Å²) in [6.45, 7) is 2.27. The summed E-state index contributed by atoms with van der Waals surface area (Å²) in [5, 5.41) is 16.3. The SMILES string of the molecule is CCCC(=N)CC(O)CN. The molecule has 3 heteroatoms. The lowest BCUT2D eigenvalue weighted by atomic mass is 10.1. The van der Waals surface area contributed by atoms with Crippen LogP contribution in [0.15, 0.2) is 0 Å². The van der Waals surface area contributed by atoms with Gasteiger partial charge < -0.3 is 16.2 Å². The molecule has 0 amide bonds. The molecule has 0 spiro atoms. The van der Waals surface area contributed by atoms with Crippen molar-refractivity contribution >= 4 is 5.71 Å². The first kappa shape index (κ1) is 9.59. The van der Waals surface area contributed by atoms with Gasteiger partial charge in [0.2, 0.25) is 0 Å². The van der Waals surface area contributed by atoms with Gasteiger partial charge in [-0.2, -0.15) is 0 Å². The Hall–Kier alpha value is -0.410. The molecule has 3 nitrogen and oxygen atoms in total. The van der Waals surface area contributed by atoms with Gasteiger partial charge in [0.15, 0.2) is 0 Å². The van der Waals surface area contributed by atoms with Crippen molar-refractivity contribution in [2.24, 2.45) is 5.73 Å². The molecule has 10 heavy (non-hydrogen) atoms. The van der Waals surface area contributed by atoms with Crippen molar-refractivity contribution in [2.45, 2.75) is 32.3 Å². The van der Waals surface area contributed by atoms with Gasteiger partial charge in [0.05, 0.1) is 6.10 Å². The second-order valence-corrected chi connectivity index (χ2v) is 2.45. The van der Waals surface area contributed by atoms with Crippen LogP contribution in [0.3, 0.4) is 0 Å². The summed E-state index contributed by atoms with van der Waals surface area (Å²) in [5.41, 5.74) is 5.77. The van der Waals surface area contributed by atoms with Crippen molar-refractivity contribution in [3.05, 3.63) is 0 Å². The molecule has 0 aromatic rings. The first-order valence-corrected chi connectivity index (χ1v) is 3.65.